The molecule has 1 aromatic rings. The SMILES string of the molecule is COc1cccc2c1OCC(/C=C/C(=O)O)C2. The maximum Gasteiger partial charge on any atom is 0.327 e. The van der Waals surface area contributed by atoms with Crippen LogP contribution >= 0.6 is 0 Å². The van der Waals surface area contributed by atoms with Gasteiger partial charge in [0.1, 0.15) is 0 Å². The van der Waals surface area contributed by atoms with Crippen molar-refractivity contribution in [3.63, 3.8) is 0 Å². The first kappa shape index (κ1) is 11.5. The van der Waals surface area contributed by atoms with Crippen molar-refractivity contribution < 1.29 is 19.4 Å². The highest BCUT2D eigenvalue weighted by molar-refractivity contribution is 5.79. The number of carboxylic acid groups (broad SMARTS) is 1. The number of hydrogen-bond donors (Lipinski definition) is 1. The predicted molar refractivity (Wildman–Crippen MR) is 62.5 cm³/mol. The third kappa shape index (κ3) is 2.58. The zero-order chi connectivity index (χ0) is 12.3. The zero-order valence-corrected chi connectivity index (χ0v) is 9.55. The van der Waals surface area contributed by atoms with Crippen molar-refractivity contribution in [1.29, 1.82) is 0 Å². The van der Waals surface area contributed by atoms with Gasteiger partial charge >= 0.3 is 5.97 Å². The zero-order valence-electron chi connectivity index (χ0n) is 9.55. The number of fused-ring (bicyclic) bond motifs is 1. The molecule has 1 heterocycles. The van der Waals surface area contributed by atoms with Gasteiger partial charge in [-0.3, -0.25) is 0 Å². The van der Waals surface area contributed by atoms with Gasteiger partial charge in [-0.25, -0.2) is 4.79 Å². The monoisotopic (exact) mass is 234 g/mol. The van der Waals surface area contributed by atoms with Gasteiger partial charge in [0, 0.05) is 12.0 Å². The molecule has 1 aliphatic rings. The highest BCUT2D eigenvalue weighted by atomic mass is 16.5. The van der Waals surface area contributed by atoms with E-state index in [0.717, 1.165) is 23.5 Å². The molecule has 0 spiro atoms. The number of methoxy groups -OCH3 is 1. The molecule has 0 fully saturated rings. The lowest BCUT2D eigenvalue weighted by Gasteiger charge is -2.24. The number of ether oxygens (including phenoxy) is 2. The first-order valence-corrected chi connectivity index (χ1v) is 5.40. The highest BCUT2D eigenvalue weighted by Gasteiger charge is 2.20. The van der Waals surface area contributed by atoms with E-state index in [2.05, 4.69) is 0 Å². The van der Waals surface area contributed by atoms with E-state index in [0.29, 0.717) is 6.61 Å². The Kier molecular flexibility index (Phi) is 3.32. The van der Waals surface area contributed by atoms with Crippen molar-refractivity contribution in [2.45, 2.75) is 6.42 Å². The van der Waals surface area contributed by atoms with E-state index in [1.54, 1.807) is 13.2 Å². The Balaban J connectivity index is 2.17. The van der Waals surface area contributed by atoms with Crippen molar-refractivity contribution >= 4 is 5.97 Å². The molecule has 1 aliphatic heterocycles. The lowest BCUT2D eigenvalue weighted by Crippen LogP contribution is -2.19. The van der Waals surface area contributed by atoms with Crippen molar-refractivity contribution in [3.8, 4) is 11.5 Å². The van der Waals surface area contributed by atoms with Crippen LogP contribution in [-0.4, -0.2) is 24.8 Å². The molecule has 0 bridgehead atoms. The van der Waals surface area contributed by atoms with Crippen molar-refractivity contribution in [3.05, 3.63) is 35.9 Å². The van der Waals surface area contributed by atoms with Gasteiger partial charge in [-0.1, -0.05) is 18.2 Å². The average molecular weight is 234 g/mol. The Morgan fingerprint density at radius 3 is 3.12 bits per heavy atom. The van der Waals surface area contributed by atoms with Gasteiger partial charge < -0.3 is 14.6 Å². The molecule has 1 unspecified atom stereocenters. The second kappa shape index (κ2) is 4.91. The minimum atomic E-state index is -0.929. The topological polar surface area (TPSA) is 55.8 Å². The molecule has 0 aliphatic carbocycles. The summed E-state index contributed by atoms with van der Waals surface area (Å²) in [7, 11) is 1.61. The second-order valence-corrected chi connectivity index (χ2v) is 3.92. The number of benzene rings is 1. The van der Waals surface area contributed by atoms with Crippen LogP contribution in [0.15, 0.2) is 30.4 Å². The van der Waals surface area contributed by atoms with Crippen LogP contribution < -0.4 is 9.47 Å². The predicted octanol–water partition coefficient (Wildman–Crippen LogP) is 1.89. The maximum absolute atomic E-state index is 10.4. The Bertz CT molecular complexity index is 451. The fraction of sp³-hybridized carbons (Fsp3) is 0.308. The molecular weight excluding hydrogens is 220 g/mol. The number of para-hydroxylation sites is 1. The Morgan fingerprint density at radius 2 is 2.41 bits per heavy atom. The molecular formula is C13H14O4. The Morgan fingerprint density at radius 1 is 1.59 bits per heavy atom. The molecule has 17 heavy (non-hydrogen) atoms. The lowest BCUT2D eigenvalue weighted by atomic mass is 9.96. The summed E-state index contributed by atoms with van der Waals surface area (Å²) in [6.45, 7) is 0.483. The Hall–Kier alpha value is -1.97. The van der Waals surface area contributed by atoms with Crippen LogP contribution in [0.25, 0.3) is 0 Å². The van der Waals surface area contributed by atoms with E-state index >= 15 is 0 Å². The average Bonchev–Trinajstić information content (AvgIpc) is 2.35. The summed E-state index contributed by atoms with van der Waals surface area (Å²) in [5, 5.41) is 8.57. The largest absolute Gasteiger partial charge is 0.493 e. The van der Waals surface area contributed by atoms with E-state index in [9.17, 15) is 4.79 Å². The third-order valence-corrected chi connectivity index (χ3v) is 2.72. The molecule has 1 atom stereocenters. The minimum absolute atomic E-state index is 0.103. The molecule has 1 aromatic carbocycles. The minimum Gasteiger partial charge on any atom is -0.493 e. The van der Waals surface area contributed by atoms with E-state index in [-0.39, 0.29) is 5.92 Å². The smallest absolute Gasteiger partial charge is 0.327 e. The molecule has 2 rings (SSSR count). The summed E-state index contributed by atoms with van der Waals surface area (Å²) in [5.74, 6) is 0.672. The Labute approximate surface area is 99.5 Å². The summed E-state index contributed by atoms with van der Waals surface area (Å²) in [5.41, 5.74) is 1.05. The van der Waals surface area contributed by atoms with E-state index < -0.39 is 5.97 Å². The quantitative estimate of drug-likeness (QED) is 0.811. The van der Waals surface area contributed by atoms with Crippen molar-refractivity contribution in [1.82, 2.24) is 0 Å². The fourth-order valence-corrected chi connectivity index (χ4v) is 1.92. The molecule has 0 saturated heterocycles. The molecule has 4 nitrogen and oxygen atoms in total. The summed E-state index contributed by atoms with van der Waals surface area (Å²) < 4.78 is 10.8. The summed E-state index contributed by atoms with van der Waals surface area (Å²) in [6.07, 6.45) is 3.61. The van der Waals surface area contributed by atoms with Crippen molar-refractivity contribution in [2.75, 3.05) is 13.7 Å². The number of rotatable bonds is 3. The van der Waals surface area contributed by atoms with Gasteiger partial charge in [0.25, 0.3) is 0 Å². The van der Waals surface area contributed by atoms with Gasteiger partial charge in [0.2, 0.25) is 0 Å². The van der Waals surface area contributed by atoms with Gasteiger partial charge in [-0.05, 0) is 18.1 Å². The molecule has 0 aromatic heterocycles. The van der Waals surface area contributed by atoms with E-state index in [1.807, 2.05) is 18.2 Å². The normalized spacial score (nSPS) is 18.5. The first-order valence-electron chi connectivity index (χ1n) is 5.40. The molecule has 0 radical (unpaired) electrons. The number of hydrogen-bond acceptors (Lipinski definition) is 3. The molecule has 4 heteroatoms. The summed E-state index contributed by atoms with van der Waals surface area (Å²) in [4.78, 5) is 10.4. The van der Waals surface area contributed by atoms with Gasteiger partial charge in [0.05, 0.1) is 13.7 Å². The second-order valence-electron chi connectivity index (χ2n) is 3.92. The van der Waals surface area contributed by atoms with E-state index in [1.165, 1.54) is 6.08 Å². The maximum atomic E-state index is 10.4. The van der Waals surface area contributed by atoms with Gasteiger partial charge in [-0.15, -0.1) is 0 Å². The van der Waals surface area contributed by atoms with E-state index in [4.69, 9.17) is 14.6 Å². The van der Waals surface area contributed by atoms with Gasteiger partial charge in [0.15, 0.2) is 11.5 Å². The van der Waals surface area contributed by atoms with Crippen LogP contribution in [0.1, 0.15) is 5.56 Å². The standard InChI is InChI=1S/C13H14O4/c1-16-11-4-2-3-10-7-9(5-6-12(14)15)8-17-13(10)11/h2-6,9H,7-8H2,1H3,(H,14,15)/b6-5+. The lowest BCUT2D eigenvalue weighted by molar-refractivity contribution is -0.131. The van der Waals surface area contributed by atoms with Crippen LogP contribution in [0.3, 0.4) is 0 Å². The van der Waals surface area contributed by atoms with Crippen molar-refractivity contribution in [2.24, 2.45) is 5.92 Å². The third-order valence-electron chi connectivity index (χ3n) is 2.72. The number of aliphatic carboxylic acids is 1. The molecule has 1 N–H and O–H groups in total. The fourth-order valence-electron chi connectivity index (χ4n) is 1.92. The van der Waals surface area contributed by atoms with Crippen LogP contribution in [0.4, 0.5) is 0 Å². The summed E-state index contributed by atoms with van der Waals surface area (Å²) >= 11 is 0. The highest BCUT2D eigenvalue weighted by Crippen LogP contribution is 2.36. The van der Waals surface area contributed by atoms with Crippen LogP contribution in [0.5, 0.6) is 11.5 Å². The van der Waals surface area contributed by atoms with Gasteiger partial charge in [-0.2, -0.15) is 0 Å². The summed E-state index contributed by atoms with van der Waals surface area (Å²) in [6, 6.07) is 5.73. The van der Waals surface area contributed by atoms with Crippen LogP contribution in [0.2, 0.25) is 0 Å². The van der Waals surface area contributed by atoms with Crippen LogP contribution in [-0.2, 0) is 11.2 Å². The molecule has 90 valence electrons. The molecule has 0 saturated carbocycles. The number of carboxylic acids is 1. The molecule has 0 amide bonds. The van der Waals surface area contributed by atoms with Crippen LogP contribution in [0, 0.1) is 5.92 Å². The first-order chi connectivity index (χ1) is 8.20. The number of carbonyl (C=O) groups is 1.